The van der Waals surface area contributed by atoms with E-state index in [1.54, 1.807) is 36.4 Å². The number of benzene rings is 3. The van der Waals surface area contributed by atoms with Gasteiger partial charge in [0.1, 0.15) is 12.4 Å². The number of aromatic carboxylic acids is 1. The number of aryl methyl sites for hydroxylation is 1. The lowest BCUT2D eigenvalue weighted by molar-refractivity contribution is 0.0697. The molecule has 0 aliphatic heterocycles. The van der Waals surface area contributed by atoms with Gasteiger partial charge in [0.05, 0.1) is 5.56 Å². The monoisotopic (exact) mass is 415 g/mol. The van der Waals surface area contributed by atoms with Crippen molar-refractivity contribution in [3.8, 4) is 5.75 Å². The van der Waals surface area contributed by atoms with E-state index in [9.17, 15) is 9.90 Å². The van der Waals surface area contributed by atoms with E-state index in [4.69, 9.17) is 27.9 Å². The van der Waals surface area contributed by atoms with Crippen molar-refractivity contribution in [1.29, 1.82) is 0 Å². The second-order valence-electron chi connectivity index (χ2n) is 6.29. The van der Waals surface area contributed by atoms with Crippen LogP contribution in [0.25, 0.3) is 0 Å². The lowest BCUT2D eigenvalue weighted by Gasteiger charge is -2.15. The van der Waals surface area contributed by atoms with Gasteiger partial charge in [-0.3, -0.25) is 0 Å². The van der Waals surface area contributed by atoms with E-state index in [0.717, 1.165) is 22.4 Å². The summed E-state index contributed by atoms with van der Waals surface area (Å²) in [5, 5.41) is 13.6. The highest BCUT2D eigenvalue weighted by molar-refractivity contribution is 6.35. The van der Waals surface area contributed by atoms with E-state index >= 15 is 0 Å². The zero-order valence-corrected chi connectivity index (χ0v) is 16.7. The number of carbonyl (C=O) groups is 1. The van der Waals surface area contributed by atoms with Gasteiger partial charge >= 0.3 is 5.97 Å². The molecule has 144 valence electrons. The first-order valence-corrected chi connectivity index (χ1v) is 9.42. The predicted octanol–water partition coefficient (Wildman–Crippen LogP) is 6.19. The maximum Gasteiger partial charge on any atom is 0.335 e. The maximum absolute atomic E-state index is 11.2. The number of hydrogen-bond donors (Lipinski definition) is 2. The Morgan fingerprint density at radius 1 is 1.04 bits per heavy atom. The summed E-state index contributed by atoms with van der Waals surface area (Å²) in [6.07, 6.45) is 0. The molecule has 2 N–H and O–H groups in total. The van der Waals surface area contributed by atoms with E-state index < -0.39 is 5.97 Å². The first-order valence-electron chi connectivity index (χ1n) is 8.67. The third-order valence-corrected chi connectivity index (χ3v) is 5.07. The number of nitrogens with one attached hydrogen (secondary N) is 1. The second kappa shape index (κ2) is 9.00. The first-order chi connectivity index (χ1) is 13.5. The SMILES string of the molecule is Cc1ccc(C(=O)O)cc1NCc1ccccc1OCc1c(Cl)cccc1Cl. The van der Waals surface area contributed by atoms with Crippen molar-refractivity contribution in [3.05, 3.63) is 93.0 Å². The molecule has 0 radical (unpaired) electrons. The summed E-state index contributed by atoms with van der Waals surface area (Å²) in [7, 11) is 0. The topological polar surface area (TPSA) is 58.6 Å². The summed E-state index contributed by atoms with van der Waals surface area (Å²) in [6, 6.07) is 18.0. The number of anilines is 1. The Bertz CT molecular complexity index is 985. The lowest BCUT2D eigenvalue weighted by atomic mass is 10.1. The fraction of sp³-hybridized carbons (Fsp3) is 0.136. The van der Waals surface area contributed by atoms with Gasteiger partial charge in [-0.2, -0.15) is 0 Å². The molecule has 6 heteroatoms. The molecule has 0 atom stereocenters. The molecular weight excluding hydrogens is 397 g/mol. The number of rotatable bonds is 7. The summed E-state index contributed by atoms with van der Waals surface area (Å²) < 4.78 is 5.96. The molecule has 0 amide bonds. The number of halogens is 2. The van der Waals surface area contributed by atoms with Crippen molar-refractivity contribution in [2.24, 2.45) is 0 Å². The predicted molar refractivity (Wildman–Crippen MR) is 113 cm³/mol. The Hall–Kier alpha value is -2.69. The summed E-state index contributed by atoms with van der Waals surface area (Å²) in [6.45, 7) is 2.66. The smallest absolute Gasteiger partial charge is 0.335 e. The second-order valence-corrected chi connectivity index (χ2v) is 7.10. The zero-order valence-electron chi connectivity index (χ0n) is 15.2. The minimum Gasteiger partial charge on any atom is -0.488 e. The third kappa shape index (κ3) is 4.77. The summed E-state index contributed by atoms with van der Waals surface area (Å²) in [5.74, 6) is -0.249. The molecule has 0 fully saturated rings. The molecule has 0 heterocycles. The van der Waals surface area contributed by atoms with Crippen LogP contribution in [0.3, 0.4) is 0 Å². The summed E-state index contributed by atoms with van der Waals surface area (Å²) in [4.78, 5) is 11.2. The van der Waals surface area contributed by atoms with Crippen LogP contribution in [-0.4, -0.2) is 11.1 Å². The van der Waals surface area contributed by atoms with E-state index in [2.05, 4.69) is 5.32 Å². The molecule has 0 saturated heterocycles. The largest absolute Gasteiger partial charge is 0.488 e. The molecule has 3 aromatic rings. The van der Waals surface area contributed by atoms with Gasteiger partial charge in [0.2, 0.25) is 0 Å². The molecule has 4 nitrogen and oxygen atoms in total. The number of para-hydroxylation sites is 1. The molecule has 0 saturated carbocycles. The quantitative estimate of drug-likeness (QED) is 0.482. The maximum atomic E-state index is 11.2. The van der Waals surface area contributed by atoms with E-state index in [1.807, 2.05) is 31.2 Å². The van der Waals surface area contributed by atoms with Gasteiger partial charge in [-0.05, 0) is 42.8 Å². The lowest BCUT2D eigenvalue weighted by Crippen LogP contribution is -2.06. The molecule has 0 aliphatic carbocycles. The van der Waals surface area contributed by atoms with Crippen molar-refractivity contribution < 1.29 is 14.6 Å². The highest BCUT2D eigenvalue weighted by atomic mass is 35.5. The van der Waals surface area contributed by atoms with Gasteiger partial charge in [-0.15, -0.1) is 0 Å². The Morgan fingerprint density at radius 2 is 1.75 bits per heavy atom. The van der Waals surface area contributed by atoms with Gasteiger partial charge in [-0.25, -0.2) is 4.79 Å². The van der Waals surface area contributed by atoms with Gasteiger partial charge < -0.3 is 15.2 Å². The Kier molecular flexibility index (Phi) is 6.45. The van der Waals surface area contributed by atoms with Crippen LogP contribution in [0.1, 0.15) is 27.0 Å². The number of carboxylic acids is 1. The summed E-state index contributed by atoms with van der Waals surface area (Å²) >= 11 is 12.4. The van der Waals surface area contributed by atoms with Crippen molar-refractivity contribution >= 4 is 34.9 Å². The van der Waals surface area contributed by atoms with Crippen LogP contribution >= 0.6 is 23.2 Å². The van der Waals surface area contributed by atoms with Gasteiger partial charge in [-0.1, -0.05) is 53.5 Å². The highest BCUT2D eigenvalue weighted by Gasteiger charge is 2.10. The number of ether oxygens (including phenoxy) is 1. The molecule has 0 aliphatic rings. The molecule has 0 unspecified atom stereocenters. The van der Waals surface area contributed by atoms with Crippen molar-refractivity contribution in [2.45, 2.75) is 20.1 Å². The van der Waals surface area contributed by atoms with Crippen LogP contribution in [0, 0.1) is 6.92 Å². The standard InChI is InChI=1S/C22H19Cl2NO3/c1-14-9-10-15(22(26)27)11-20(14)25-12-16-5-2-3-8-21(16)28-13-17-18(23)6-4-7-19(17)24/h2-11,25H,12-13H2,1H3,(H,26,27). The van der Waals surface area contributed by atoms with E-state index in [1.165, 1.54) is 0 Å². The van der Waals surface area contributed by atoms with E-state index in [0.29, 0.717) is 22.3 Å². The Balaban J connectivity index is 1.74. The average Bonchev–Trinajstić information content (AvgIpc) is 2.67. The van der Waals surface area contributed by atoms with Crippen molar-refractivity contribution in [2.75, 3.05) is 5.32 Å². The molecule has 3 rings (SSSR count). The Labute approximate surface area is 173 Å². The minimum atomic E-state index is -0.955. The zero-order chi connectivity index (χ0) is 20.1. The van der Waals surface area contributed by atoms with Crippen LogP contribution in [0.15, 0.2) is 60.7 Å². The molecule has 28 heavy (non-hydrogen) atoms. The van der Waals surface area contributed by atoms with E-state index in [-0.39, 0.29) is 12.2 Å². The molecule has 0 aromatic heterocycles. The Morgan fingerprint density at radius 3 is 2.46 bits per heavy atom. The highest BCUT2D eigenvalue weighted by Crippen LogP contribution is 2.27. The van der Waals surface area contributed by atoms with Crippen LogP contribution in [-0.2, 0) is 13.2 Å². The molecule has 3 aromatic carbocycles. The van der Waals surface area contributed by atoms with Gasteiger partial charge in [0.25, 0.3) is 0 Å². The van der Waals surface area contributed by atoms with Crippen molar-refractivity contribution in [3.63, 3.8) is 0 Å². The number of hydrogen-bond acceptors (Lipinski definition) is 3. The third-order valence-electron chi connectivity index (χ3n) is 4.36. The summed E-state index contributed by atoms with van der Waals surface area (Å²) in [5.41, 5.74) is 3.64. The van der Waals surface area contributed by atoms with Crippen LogP contribution < -0.4 is 10.1 Å². The fourth-order valence-electron chi connectivity index (χ4n) is 2.75. The normalized spacial score (nSPS) is 10.5. The fourth-order valence-corrected chi connectivity index (χ4v) is 3.25. The number of carboxylic acid groups (broad SMARTS) is 1. The minimum absolute atomic E-state index is 0.242. The average molecular weight is 416 g/mol. The molecular formula is C22H19Cl2NO3. The van der Waals surface area contributed by atoms with Crippen LogP contribution in [0.2, 0.25) is 10.0 Å². The first kappa shape index (κ1) is 20.1. The molecule has 0 spiro atoms. The van der Waals surface area contributed by atoms with Gasteiger partial charge in [0.15, 0.2) is 0 Å². The van der Waals surface area contributed by atoms with Gasteiger partial charge in [0, 0.05) is 33.4 Å². The van der Waals surface area contributed by atoms with Crippen molar-refractivity contribution in [1.82, 2.24) is 0 Å². The molecule has 0 bridgehead atoms. The van der Waals surface area contributed by atoms with Crippen LogP contribution in [0.5, 0.6) is 5.75 Å². The van der Waals surface area contributed by atoms with Crippen LogP contribution in [0.4, 0.5) is 5.69 Å².